The van der Waals surface area contributed by atoms with Gasteiger partial charge in [-0.05, 0) is 68.3 Å². The number of ether oxygens (including phenoxy) is 1. The molecule has 0 radical (unpaired) electrons. The second-order valence-corrected chi connectivity index (χ2v) is 12.5. The molecule has 0 spiro atoms. The smallest absolute Gasteiger partial charge is 0.264 e. The Hall–Kier alpha value is -3.27. The highest BCUT2D eigenvalue weighted by atomic mass is 35.5. The third-order valence-electron chi connectivity index (χ3n) is 6.85. The summed E-state index contributed by atoms with van der Waals surface area (Å²) in [7, 11) is -2.71. The zero-order valence-electron chi connectivity index (χ0n) is 24.3. The molecule has 226 valence electrons. The van der Waals surface area contributed by atoms with Gasteiger partial charge in [0.05, 0.1) is 17.7 Å². The molecule has 0 aliphatic heterocycles. The molecule has 3 aromatic rings. The van der Waals surface area contributed by atoms with Crippen molar-refractivity contribution in [2.45, 2.75) is 57.5 Å². The van der Waals surface area contributed by atoms with Crippen LogP contribution < -0.4 is 14.4 Å². The highest BCUT2D eigenvalue weighted by Crippen LogP contribution is 2.29. The van der Waals surface area contributed by atoms with Crippen LogP contribution >= 0.6 is 23.2 Å². The molecule has 42 heavy (non-hydrogen) atoms. The number of amides is 2. The lowest BCUT2D eigenvalue weighted by Gasteiger charge is -2.33. The van der Waals surface area contributed by atoms with E-state index in [1.54, 1.807) is 61.5 Å². The number of hydrogen-bond acceptors (Lipinski definition) is 5. The molecule has 0 saturated carbocycles. The van der Waals surface area contributed by atoms with E-state index in [9.17, 15) is 18.0 Å². The highest BCUT2D eigenvalue weighted by molar-refractivity contribution is 7.92. The fourth-order valence-corrected chi connectivity index (χ4v) is 6.33. The lowest BCUT2D eigenvalue weighted by atomic mass is 10.1. The Morgan fingerprint density at radius 1 is 0.952 bits per heavy atom. The molecule has 3 rings (SSSR count). The normalized spacial score (nSPS) is 12.0. The van der Waals surface area contributed by atoms with Crippen molar-refractivity contribution in [3.05, 3.63) is 87.9 Å². The maximum absolute atomic E-state index is 14.2. The van der Waals surface area contributed by atoms with Crippen molar-refractivity contribution in [1.29, 1.82) is 0 Å². The third-order valence-corrected chi connectivity index (χ3v) is 9.35. The van der Waals surface area contributed by atoms with Gasteiger partial charge in [-0.3, -0.25) is 13.9 Å². The van der Waals surface area contributed by atoms with E-state index < -0.39 is 28.5 Å². The Bertz CT molecular complexity index is 1440. The molecular weight excluding hydrogens is 597 g/mol. The molecule has 0 heterocycles. The van der Waals surface area contributed by atoms with Gasteiger partial charge in [0.1, 0.15) is 18.3 Å². The maximum atomic E-state index is 14.2. The summed E-state index contributed by atoms with van der Waals surface area (Å²) in [6.07, 6.45) is 1.97. The van der Waals surface area contributed by atoms with Gasteiger partial charge in [-0.1, -0.05) is 67.2 Å². The quantitative estimate of drug-likeness (QED) is 0.212. The first-order valence-electron chi connectivity index (χ1n) is 13.8. The number of nitrogens with one attached hydrogen (secondary N) is 1. The fourth-order valence-electron chi connectivity index (χ4n) is 4.39. The lowest BCUT2D eigenvalue weighted by molar-refractivity contribution is -0.140. The summed E-state index contributed by atoms with van der Waals surface area (Å²) in [6.45, 7) is 5.52. The number of rotatable bonds is 14. The molecule has 8 nitrogen and oxygen atoms in total. The molecule has 0 aliphatic rings. The van der Waals surface area contributed by atoms with E-state index in [-0.39, 0.29) is 17.3 Å². The van der Waals surface area contributed by atoms with Crippen molar-refractivity contribution in [2.75, 3.05) is 24.5 Å². The van der Waals surface area contributed by atoms with Gasteiger partial charge < -0.3 is 15.0 Å². The summed E-state index contributed by atoms with van der Waals surface area (Å²) in [5.41, 5.74) is 1.70. The van der Waals surface area contributed by atoms with E-state index in [0.717, 1.165) is 22.7 Å². The van der Waals surface area contributed by atoms with E-state index >= 15 is 0 Å². The van der Waals surface area contributed by atoms with E-state index in [1.165, 1.54) is 24.1 Å². The van der Waals surface area contributed by atoms with Crippen LogP contribution in [0.4, 0.5) is 5.69 Å². The number of anilines is 1. The summed E-state index contributed by atoms with van der Waals surface area (Å²) in [5, 5.41) is 3.57. The first-order chi connectivity index (χ1) is 20.0. The molecule has 0 saturated heterocycles. The van der Waals surface area contributed by atoms with Crippen molar-refractivity contribution < 1.29 is 22.7 Å². The summed E-state index contributed by atoms with van der Waals surface area (Å²) in [6, 6.07) is 16.9. The summed E-state index contributed by atoms with van der Waals surface area (Å²) in [5.74, 6) is -0.418. The number of sulfonamides is 1. The van der Waals surface area contributed by atoms with Gasteiger partial charge in [0, 0.05) is 28.7 Å². The monoisotopic (exact) mass is 633 g/mol. The zero-order valence-corrected chi connectivity index (χ0v) is 26.6. The van der Waals surface area contributed by atoms with Gasteiger partial charge in [0.2, 0.25) is 11.8 Å². The van der Waals surface area contributed by atoms with Gasteiger partial charge >= 0.3 is 0 Å². The van der Waals surface area contributed by atoms with Crippen LogP contribution in [0, 0.1) is 6.92 Å². The first-order valence-corrected chi connectivity index (χ1v) is 16.0. The van der Waals surface area contributed by atoms with E-state index in [0.29, 0.717) is 40.0 Å². The van der Waals surface area contributed by atoms with Crippen molar-refractivity contribution in [2.24, 2.45) is 0 Å². The van der Waals surface area contributed by atoms with Gasteiger partial charge in [-0.25, -0.2) is 8.42 Å². The molecule has 2 amide bonds. The Labute approximate surface area is 258 Å². The van der Waals surface area contributed by atoms with Crippen LogP contribution in [0.2, 0.25) is 10.0 Å². The van der Waals surface area contributed by atoms with Crippen LogP contribution in [0.15, 0.2) is 71.6 Å². The standard InChI is InChI=1S/C31H37Cl2N3O5S/c1-5-7-19-34-31(38)29(6-2)35(20-26-27(32)9-8-10-28(26)33)30(37)21-36(23-13-11-22(3)12-14-23)42(39,40)25-17-15-24(41-4)16-18-25/h8-18,29H,5-7,19-21H2,1-4H3,(H,34,38)/t29-/m0/s1. The number of methoxy groups -OCH3 is 1. The van der Waals surface area contributed by atoms with Crippen LogP contribution in [0.25, 0.3) is 0 Å². The Kier molecular flexibility index (Phi) is 12.1. The van der Waals surface area contributed by atoms with Crippen LogP contribution in [0.5, 0.6) is 5.75 Å². The number of carbonyl (C=O) groups is 2. The number of nitrogens with zero attached hydrogens (tertiary/aromatic N) is 2. The lowest BCUT2D eigenvalue weighted by Crippen LogP contribution is -2.52. The predicted octanol–water partition coefficient (Wildman–Crippen LogP) is 6.23. The number of benzene rings is 3. The number of carbonyl (C=O) groups excluding carboxylic acids is 2. The summed E-state index contributed by atoms with van der Waals surface area (Å²) in [4.78, 5) is 28.8. The van der Waals surface area contributed by atoms with Crippen molar-refractivity contribution in [3.63, 3.8) is 0 Å². The van der Waals surface area contributed by atoms with Gasteiger partial charge in [0.15, 0.2) is 0 Å². The van der Waals surface area contributed by atoms with Crippen molar-refractivity contribution in [1.82, 2.24) is 10.2 Å². The van der Waals surface area contributed by atoms with E-state index in [4.69, 9.17) is 27.9 Å². The highest BCUT2D eigenvalue weighted by Gasteiger charge is 2.34. The Balaban J connectivity index is 2.07. The molecule has 0 aliphatic carbocycles. The first kappa shape index (κ1) is 33.2. The molecule has 0 aromatic heterocycles. The van der Waals surface area contributed by atoms with Crippen LogP contribution in [0.3, 0.4) is 0 Å². The predicted molar refractivity (Wildman–Crippen MR) is 168 cm³/mol. The van der Waals surface area contributed by atoms with Gasteiger partial charge in [0.25, 0.3) is 10.0 Å². The van der Waals surface area contributed by atoms with E-state index in [2.05, 4.69) is 5.32 Å². The number of hydrogen-bond donors (Lipinski definition) is 1. The third kappa shape index (κ3) is 8.18. The Morgan fingerprint density at radius 2 is 1.57 bits per heavy atom. The van der Waals surface area contributed by atoms with Crippen LogP contribution in [0.1, 0.15) is 44.2 Å². The minimum atomic E-state index is -4.20. The number of aryl methyl sites for hydroxylation is 1. The number of unbranched alkanes of at least 4 members (excludes halogenated alkanes) is 1. The van der Waals surface area contributed by atoms with Crippen LogP contribution in [-0.4, -0.2) is 51.4 Å². The molecular formula is C31H37Cl2N3O5S. The van der Waals surface area contributed by atoms with Crippen molar-refractivity contribution in [3.8, 4) is 5.75 Å². The minimum Gasteiger partial charge on any atom is -0.497 e. The second-order valence-electron chi connectivity index (χ2n) is 9.81. The zero-order chi connectivity index (χ0) is 30.9. The maximum Gasteiger partial charge on any atom is 0.264 e. The number of halogens is 2. The van der Waals surface area contributed by atoms with E-state index in [1.807, 2.05) is 13.8 Å². The van der Waals surface area contributed by atoms with Crippen molar-refractivity contribution >= 4 is 50.7 Å². The Morgan fingerprint density at radius 3 is 2.12 bits per heavy atom. The fraction of sp³-hybridized carbons (Fsp3) is 0.355. The molecule has 0 fully saturated rings. The molecule has 0 bridgehead atoms. The van der Waals surface area contributed by atoms with Crippen LogP contribution in [-0.2, 0) is 26.2 Å². The van der Waals surface area contributed by atoms with Gasteiger partial charge in [-0.15, -0.1) is 0 Å². The summed E-state index contributed by atoms with van der Waals surface area (Å²) < 4.78 is 34.2. The SMILES string of the molecule is CCCCNC(=O)[C@H](CC)N(Cc1c(Cl)cccc1Cl)C(=O)CN(c1ccc(C)cc1)S(=O)(=O)c1ccc(OC)cc1. The summed E-state index contributed by atoms with van der Waals surface area (Å²) >= 11 is 12.9. The molecule has 1 atom stereocenters. The molecule has 1 N–H and O–H groups in total. The average Bonchev–Trinajstić information content (AvgIpc) is 2.97. The molecule has 3 aromatic carbocycles. The average molecular weight is 635 g/mol. The largest absolute Gasteiger partial charge is 0.497 e. The topological polar surface area (TPSA) is 96.0 Å². The minimum absolute atomic E-state index is 0.0123. The molecule has 11 heteroatoms. The van der Waals surface area contributed by atoms with Gasteiger partial charge in [-0.2, -0.15) is 0 Å². The molecule has 0 unspecified atom stereocenters. The second kappa shape index (κ2) is 15.3.